The van der Waals surface area contributed by atoms with Gasteiger partial charge < -0.3 is 9.64 Å². The maximum atomic E-state index is 13.8. The van der Waals surface area contributed by atoms with Crippen LogP contribution in [0.5, 0.6) is 0 Å². The fourth-order valence-electron chi connectivity index (χ4n) is 3.96. The van der Waals surface area contributed by atoms with Crippen molar-refractivity contribution in [2.45, 2.75) is 57.9 Å². The molecule has 2 aromatic rings. The largest absolute Gasteiger partial charge is 0.444 e. The van der Waals surface area contributed by atoms with Crippen LogP contribution in [-0.4, -0.2) is 49.3 Å². The Kier molecular flexibility index (Phi) is 8.07. The highest BCUT2D eigenvalue weighted by Gasteiger charge is 2.37. The monoisotopic (exact) mass is 502 g/mol. The number of hydrogen-bond acceptors (Lipinski definition) is 6. The average Bonchev–Trinajstić information content (AvgIpc) is 2.81. The molecule has 1 heterocycles. The summed E-state index contributed by atoms with van der Waals surface area (Å²) in [4.78, 5) is 25.7. The summed E-state index contributed by atoms with van der Waals surface area (Å²) in [5, 5.41) is -0.635. The number of piperidine rings is 1. The number of carbonyl (C=O) groups excluding carboxylic acids is 2. The number of anilines is 1. The highest BCUT2D eigenvalue weighted by Crippen LogP contribution is 2.29. The zero-order chi connectivity index (χ0) is 25.8. The lowest BCUT2D eigenvalue weighted by Crippen LogP contribution is -2.48. The van der Waals surface area contributed by atoms with Gasteiger partial charge in [-0.1, -0.05) is 24.3 Å². The first-order valence-corrected chi connectivity index (χ1v) is 13.1. The molecule has 3 N–H and O–H groups in total. The first-order valence-electron chi connectivity index (χ1n) is 11.6. The van der Waals surface area contributed by atoms with Crippen molar-refractivity contribution >= 4 is 27.7 Å². The maximum absolute atomic E-state index is 13.8. The Morgan fingerprint density at radius 2 is 1.74 bits per heavy atom. The molecule has 0 atom stereocenters. The lowest BCUT2D eigenvalue weighted by molar-refractivity contribution is 0.0217. The molecular formula is C25H34N4O5S. The summed E-state index contributed by atoms with van der Waals surface area (Å²) in [5.41, 5.74) is 4.10. The molecule has 35 heavy (non-hydrogen) atoms. The third-order valence-electron chi connectivity index (χ3n) is 5.79. The minimum atomic E-state index is -3.75. The number of rotatable bonds is 6. The van der Waals surface area contributed by atoms with Gasteiger partial charge in [0.15, 0.2) is 0 Å². The van der Waals surface area contributed by atoms with E-state index in [1.165, 1.54) is 4.31 Å². The van der Waals surface area contributed by atoms with Crippen LogP contribution < -0.4 is 15.6 Å². The Hall–Kier alpha value is -3.11. The molecule has 0 spiro atoms. The Morgan fingerprint density at radius 3 is 2.29 bits per heavy atom. The zero-order valence-electron chi connectivity index (χ0n) is 20.7. The minimum absolute atomic E-state index is 0.114. The third-order valence-corrected chi connectivity index (χ3v) is 8.05. The van der Waals surface area contributed by atoms with Gasteiger partial charge in [-0.3, -0.25) is 14.5 Å². The van der Waals surface area contributed by atoms with Crippen LogP contribution in [0.25, 0.3) is 0 Å². The number of likely N-dealkylation sites (tertiary alicyclic amines) is 1. The number of hydrogen-bond donors (Lipinski definition) is 2. The number of sulfonamides is 1. The summed E-state index contributed by atoms with van der Waals surface area (Å²) in [6.45, 7) is 8.05. The van der Waals surface area contributed by atoms with Crippen LogP contribution >= 0.6 is 0 Å². The number of carbonyl (C=O) groups is 2. The minimum Gasteiger partial charge on any atom is -0.444 e. The van der Waals surface area contributed by atoms with E-state index in [1.54, 1.807) is 56.0 Å². The molecule has 0 bridgehead atoms. The van der Waals surface area contributed by atoms with E-state index < -0.39 is 32.9 Å². The Bertz CT molecular complexity index is 1150. The van der Waals surface area contributed by atoms with Gasteiger partial charge in [-0.2, -0.15) is 0 Å². The number of nitrogens with two attached hydrogens (primary N) is 1. The van der Waals surface area contributed by atoms with Gasteiger partial charge in [0, 0.05) is 18.7 Å². The van der Waals surface area contributed by atoms with Crippen LogP contribution in [0.15, 0.2) is 48.5 Å². The van der Waals surface area contributed by atoms with Crippen molar-refractivity contribution < 1.29 is 22.7 Å². The summed E-state index contributed by atoms with van der Waals surface area (Å²) >= 11 is 0. The fourth-order valence-corrected chi connectivity index (χ4v) is 5.87. The van der Waals surface area contributed by atoms with E-state index >= 15 is 0 Å². The lowest BCUT2D eigenvalue weighted by Gasteiger charge is -2.36. The molecule has 190 valence electrons. The van der Waals surface area contributed by atoms with Gasteiger partial charge in [0.2, 0.25) is 10.0 Å². The Balaban J connectivity index is 1.82. The normalized spacial score (nSPS) is 14.9. The van der Waals surface area contributed by atoms with E-state index in [4.69, 9.17) is 10.6 Å². The van der Waals surface area contributed by atoms with E-state index in [1.807, 2.05) is 25.1 Å². The van der Waals surface area contributed by atoms with Crippen molar-refractivity contribution in [2.75, 3.05) is 17.4 Å². The van der Waals surface area contributed by atoms with Crippen molar-refractivity contribution in [1.82, 2.24) is 10.3 Å². The molecule has 2 amide bonds. The molecular weight excluding hydrogens is 468 g/mol. The molecule has 1 aliphatic heterocycles. The molecule has 0 radical (unpaired) electrons. The van der Waals surface area contributed by atoms with Crippen molar-refractivity contribution in [2.24, 2.45) is 5.84 Å². The first kappa shape index (κ1) is 26.5. The van der Waals surface area contributed by atoms with E-state index in [-0.39, 0.29) is 6.54 Å². The number of hydrazine groups is 1. The molecule has 0 aromatic heterocycles. The summed E-state index contributed by atoms with van der Waals surface area (Å²) in [5.74, 6) is 4.77. The number of nitrogens with zero attached hydrogens (tertiary/aromatic N) is 2. The highest BCUT2D eigenvalue weighted by atomic mass is 32.2. The quantitative estimate of drug-likeness (QED) is 0.355. The van der Waals surface area contributed by atoms with Crippen LogP contribution in [0.3, 0.4) is 0 Å². The second kappa shape index (κ2) is 10.7. The standard InChI is InChI=1S/C25H34N4O5S/c1-18-6-5-7-21(16-18)29(17-19-8-10-20(11-9-19)23(30)27-26)35(32,33)22-12-14-28(15-13-22)24(31)34-25(2,3)4/h5-11,16,22H,12-15,17,26H2,1-4H3,(H,27,30). The average molecular weight is 503 g/mol. The van der Waals surface area contributed by atoms with Crippen LogP contribution in [0.4, 0.5) is 10.5 Å². The van der Waals surface area contributed by atoms with Crippen LogP contribution in [0, 0.1) is 6.92 Å². The number of ether oxygens (including phenoxy) is 1. The van der Waals surface area contributed by atoms with Crippen LogP contribution in [0.2, 0.25) is 0 Å². The second-order valence-electron chi connectivity index (χ2n) is 9.73. The molecule has 3 rings (SSSR count). The van der Waals surface area contributed by atoms with E-state index in [0.29, 0.717) is 37.2 Å². The molecule has 10 heteroatoms. The van der Waals surface area contributed by atoms with Gasteiger partial charge >= 0.3 is 6.09 Å². The van der Waals surface area contributed by atoms with Crippen LogP contribution in [0.1, 0.15) is 55.1 Å². The molecule has 2 aromatic carbocycles. The summed E-state index contributed by atoms with van der Waals surface area (Å²) in [7, 11) is -3.75. The van der Waals surface area contributed by atoms with Crippen molar-refractivity contribution in [3.05, 3.63) is 65.2 Å². The van der Waals surface area contributed by atoms with Crippen molar-refractivity contribution in [3.8, 4) is 0 Å². The molecule has 1 fully saturated rings. The van der Waals surface area contributed by atoms with Gasteiger partial charge in [0.25, 0.3) is 5.91 Å². The Labute approximate surface area is 207 Å². The fraction of sp³-hybridized carbons (Fsp3) is 0.440. The molecule has 1 aliphatic rings. The zero-order valence-corrected chi connectivity index (χ0v) is 21.5. The summed E-state index contributed by atoms with van der Waals surface area (Å²) in [6.07, 6.45) is 0.212. The van der Waals surface area contributed by atoms with Gasteiger partial charge in [-0.15, -0.1) is 0 Å². The molecule has 0 aliphatic carbocycles. The van der Waals surface area contributed by atoms with E-state index in [0.717, 1.165) is 11.1 Å². The molecule has 1 saturated heterocycles. The Morgan fingerprint density at radius 1 is 1.11 bits per heavy atom. The van der Waals surface area contributed by atoms with Crippen LogP contribution in [-0.2, 0) is 21.3 Å². The van der Waals surface area contributed by atoms with Gasteiger partial charge in [-0.25, -0.2) is 19.1 Å². The van der Waals surface area contributed by atoms with E-state index in [9.17, 15) is 18.0 Å². The molecule has 0 saturated carbocycles. The summed E-state index contributed by atoms with van der Waals surface area (Å²) in [6, 6.07) is 14.0. The summed E-state index contributed by atoms with van der Waals surface area (Å²) < 4.78 is 34.5. The number of aryl methyl sites for hydroxylation is 1. The van der Waals surface area contributed by atoms with Gasteiger partial charge in [0.05, 0.1) is 17.5 Å². The highest BCUT2D eigenvalue weighted by molar-refractivity contribution is 7.93. The number of benzene rings is 2. The van der Waals surface area contributed by atoms with Crippen molar-refractivity contribution in [1.29, 1.82) is 0 Å². The molecule has 9 nitrogen and oxygen atoms in total. The SMILES string of the molecule is Cc1cccc(N(Cc2ccc(C(=O)NN)cc2)S(=O)(=O)C2CCN(C(=O)OC(C)(C)C)CC2)c1. The smallest absolute Gasteiger partial charge is 0.410 e. The van der Waals surface area contributed by atoms with Gasteiger partial charge in [-0.05, 0) is 75.9 Å². The number of nitrogen functional groups attached to an aromatic ring is 1. The predicted molar refractivity (Wildman–Crippen MR) is 135 cm³/mol. The first-order chi connectivity index (χ1) is 16.4. The molecule has 0 unspecified atom stereocenters. The van der Waals surface area contributed by atoms with Gasteiger partial charge in [0.1, 0.15) is 5.60 Å². The van der Waals surface area contributed by atoms with Crippen molar-refractivity contribution in [3.63, 3.8) is 0 Å². The number of nitrogens with one attached hydrogen (secondary N) is 1. The second-order valence-corrected chi connectivity index (χ2v) is 11.9. The lowest BCUT2D eigenvalue weighted by atomic mass is 10.1. The maximum Gasteiger partial charge on any atom is 0.410 e. The van der Waals surface area contributed by atoms with E-state index in [2.05, 4.69) is 5.43 Å². The predicted octanol–water partition coefficient (Wildman–Crippen LogP) is 3.33. The third kappa shape index (κ3) is 6.73. The topological polar surface area (TPSA) is 122 Å². The number of amides is 2.